The largest absolute Gasteiger partial charge is 0.468 e. The zero-order valence-electron chi connectivity index (χ0n) is 11.9. The van der Waals surface area contributed by atoms with Crippen LogP contribution in [-0.4, -0.2) is 18.9 Å². The summed E-state index contributed by atoms with van der Waals surface area (Å²) in [5.74, 6) is -2.80. The Morgan fingerprint density at radius 3 is 2.50 bits per heavy atom. The van der Waals surface area contributed by atoms with E-state index in [0.29, 0.717) is 5.70 Å². The van der Waals surface area contributed by atoms with E-state index in [1.54, 1.807) is 6.92 Å². The number of allylic oxidation sites excluding steroid dienone is 2. The van der Waals surface area contributed by atoms with Crippen LogP contribution in [0.15, 0.2) is 36.0 Å². The van der Waals surface area contributed by atoms with Crippen LogP contribution in [0.3, 0.4) is 0 Å². The van der Waals surface area contributed by atoms with Crippen molar-refractivity contribution in [2.75, 3.05) is 7.11 Å². The fourth-order valence-electron chi connectivity index (χ4n) is 2.50. The molecule has 2 atom stereocenters. The molecule has 7 heteroatoms. The second-order valence-corrected chi connectivity index (χ2v) is 4.94. The zero-order chi connectivity index (χ0) is 16.5. The first-order chi connectivity index (χ1) is 10.3. The van der Waals surface area contributed by atoms with Gasteiger partial charge in [-0.1, -0.05) is 18.2 Å². The molecule has 1 aliphatic heterocycles. The molecule has 0 unspecified atom stereocenters. The van der Waals surface area contributed by atoms with E-state index in [1.807, 2.05) is 0 Å². The van der Waals surface area contributed by atoms with Crippen molar-refractivity contribution in [3.8, 4) is 0 Å². The summed E-state index contributed by atoms with van der Waals surface area (Å²) >= 11 is 0. The molecule has 22 heavy (non-hydrogen) atoms. The molecule has 0 bridgehead atoms. The molecule has 0 spiro atoms. The van der Waals surface area contributed by atoms with Crippen LogP contribution in [0.4, 0.5) is 13.2 Å². The van der Waals surface area contributed by atoms with Crippen molar-refractivity contribution in [3.05, 3.63) is 47.2 Å². The van der Waals surface area contributed by atoms with Crippen LogP contribution in [-0.2, 0) is 20.5 Å². The first-order valence-electron chi connectivity index (χ1n) is 6.48. The van der Waals surface area contributed by atoms with Gasteiger partial charge in [0.1, 0.15) is 5.92 Å². The number of carbonyl (C=O) groups is 2. The molecule has 4 nitrogen and oxygen atoms in total. The third-order valence-electron chi connectivity index (χ3n) is 3.44. The highest BCUT2D eigenvalue weighted by Gasteiger charge is 2.43. The van der Waals surface area contributed by atoms with Crippen molar-refractivity contribution in [2.45, 2.75) is 19.1 Å². The maximum atomic E-state index is 13.2. The lowest BCUT2D eigenvalue weighted by molar-refractivity contribution is -0.151. The van der Waals surface area contributed by atoms with Crippen LogP contribution in [0.2, 0.25) is 0 Å². The molecule has 0 radical (unpaired) electrons. The lowest BCUT2D eigenvalue weighted by atomic mass is 9.84. The lowest BCUT2D eigenvalue weighted by Crippen LogP contribution is -2.42. The zero-order valence-corrected chi connectivity index (χ0v) is 11.9. The number of carbonyl (C=O) groups excluding carboxylic acids is 2. The number of rotatable bonds is 2. The van der Waals surface area contributed by atoms with Crippen LogP contribution < -0.4 is 5.32 Å². The van der Waals surface area contributed by atoms with Crippen molar-refractivity contribution >= 4 is 11.8 Å². The molecule has 1 heterocycles. The van der Waals surface area contributed by atoms with Gasteiger partial charge in [0.05, 0.1) is 18.7 Å². The monoisotopic (exact) mass is 313 g/mol. The number of esters is 1. The molecule has 1 aromatic rings. The Hall–Kier alpha value is -2.31. The van der Waals surface area contributed by atoms with E-state index >= 15 is 0 Å². The molecular formula is C15H14F3NO3. The Balaban J connectivity index is 2.56. The van der Waals surface area contributed by atoms with Gasteiger partial charge in [-0.25, -0.2) is 0 Å². The third kappa shape index (κ3) is 2.98. The highest BCUT2D eigenvalue weighted by atomic mass is 19.4. The van der Waals surface area contributed by atoms with Gasteiger partial charge in [-0.15, -0.1) is 0 Å². The third-order valence-corrected chi connectivity index (χ3v) is 3.44. The normalized spacial score (nSPS) is 21.9. The quantitative estimate of drug-likeness (QED) is 0.673. The van der Waals surface area contributed by atoms with Crippen LogP contribution in [0.25, 0.3) is 0 Å². The molecule has 0 saturated heterocycles. The number of alkyl halides is 3. The Bertz CT molecular complexity index is 637. The molecule has 1 aromatic carbocycles. The Labute approximate surface area is 125 Å². The second-order valence-electron chi connectivity index (χ2n) is 4.94. The Kier molecular flexibility index (Phi) is 4.25. The molecule has 0 fully saturated rings. The molecule has 118 valence electrons. The van der Waals surface area contributed by atoms with Crippen LogP contribution >= 0.6 is 0 Å². The molecule has 0 amide bonds. The molecular weight excluding hydrogens is 299 g/mol. The molecule has 0 saturated carbocycles. The van der Waals surface area contributed by atoms with Crippen molar-refractivity contribution < 1.29 is 27.5 Å². The SMILES string of the molecule is COC(=O)[C@H]1C(=O)C=C(C)N[C@@H]1c1ccccc1C(F)(F)F. The number of hydrogen-bond acceptors (Lipinski definition) is 4. The molecule has 0 aliphatic carbocycles. The number of nitrogens with one attached hydrogen (secondary N) is 1. The smallest absolute Gasteiger partial charge is 0.416 e. The van der Waals surface area contributed by atoms with Gasteiger partial charge in [0.25, 0.3) is 0 Å². The van der Waals surface area contributed by atoms with E-state index in [1.165, 1.54) is 24.3 Å². The second kappa shape index (κ2) is 5.82. The Morgan fingerprint density at radius 2 is 1.91 bits per heavy atom. The van der Waals surface area contributed by atoms with Crippen molar-refractivity contribution in [3.63, 3.8) is 0 Å². The minimum atomic E-state index is -4.59. The average Bonchev–Trinajstić information content (AvgIpc) is 2.45. The lowest BCUT2D eigenvalue weighted by Gasteiger charge is -2.31. The topological polar surface area (TPSA) is 55.4 Å². The predicted octanol–water partition coefficient (Wildman–Crippen LogP) is 2.61. The Morgan fingerprint density at radius 1 is 1.27 bits per heavy atom. The summed E-state index contributed by atoms with van der Waals surface area (Å²) in [7, 11) is 1.09. The highest BCUT2D eigenvalue weighted by molar-refractivity contribution is 6.06. The van der Waals surface area contributed by atoms with Gasteiger partial charge in [-0.3, -0.25) is 9.59 Å². The van der Waals surface area contributed by atoms with Gasteiger partial charge in [0.2, 0.25) is 0 Å². The predicted molar refractivity (Wildman–Crippen MR) is 71.6 cm³/mol. The summed E-state index contributed by atoms with van der Waals surface area (Å²) in [6.07, 6.45) is -3.40. The summed E-state index contributed by atoms with van der Waals surface area (Å²) in [5.41, 5.74) is -0.651. The van der Waals surface area contributed by atoms with E-state index < -0.39 is 35.5 Å². The molecule has 1 N–H and O–H groups in total. The van der Waals surface area contributed by atoms with Gasteiger partial charge in [-0.05, 0) is 18.6 Å². The van der Waals surface area contributed by atoms with Crippen molar-refractivity contribution in [1.29, 1.82) is 0 Å². The van der Waals surface area contributed by atoms with E-state index in [2.05, 4.69) is 10.1 Å². The summed E-state index contributed by atoms with van der Waals surface area (Å²) in [6, 6.07) is 3.74. The van der Waals surface area contributed by atoms with Crippen LogP contribution in [0.5, 0.6) is 0 Å². The fraction of sp³-hybridized carbons (Fsp3) is 0.333. The standard InChI is InChI=1S/C15H14F3NO3/c1-8-7-11(20)12(14(21)22-2)13(19-8)9-5-3-4-6-10(9)15(16,17)18/h3-7,12-13,19H,1-2H3/t12-,13+/m0/s1. The fourth-order valence-corrected chi connectivity index (χ4v) is 2.50. The van der Waals surface area contributed by atoms with E-state index in [0.717, 1.165) is 13.2 Å². The van der Waals surface area contributed by atoms with E-state index in [4.69, 9.17) is 0 Å². The number of hydrogen-bond donors (Lipinski definition) is 1. The van der Waals surface area contributed by atoms with E-state index in [-0.39, 0.29) is 5.56 Å². The number of methoxy groups -OCH3 is 1. The van der Waals surface area contributed by atoms with E-state index in [9.17, 15) is 22.8 Å². The molecule has 2 rings (SSSR count). The number of ether oxygens (including phenoxy) is 1. The van der Waals surface area contributed by atoms with Gasteiger partial charge in [0.15, 0.2) is 5.78 Å². The minimum Gasteiger partial charge on any atom is -0.468 e. The van der Waals surface area contributed by atoms with Gasteiger partial charge >= 0.3 is 12.1 Å². The summed E-state index contributed by atoms with van der Waals surface area (Å²) in [4.78, 5) is 23.9. The minimum absolute atomic E-state index is 0.161. The summed E-state index contributed by atoms with van der Waals surface area (Å²) < 4.78 is 44.1. The number of benzene rings is 1. The van der Waals surface area contributed by atoms with Crippen molar-refractivity contribution in [1.82, 2.24) is 5.32 Å². The van der Waals surface area contributed by atoms with Gasteiger partial charge < -0.3 is 10.1 Å². The first-order valence-corrected chi connectivity index (χ1v) is 6.48. The molecule has 1 aliphatic rings. The maximum Gasteiger partial charge on any atom is 0.416 e. The number of ketones is 1. The summed E-state index contributed by atoms with van der Waals surface area (Å²) in [6.45, 7) is 1.55. The molecule has 0 aromatic heterocycles. The first kappa shape index (κ1) is 16.1. The van der Waals surface area contributed by atoms with Crippen LogP contribution in [0, 0.1) is 5.92 Å². The van der Waals surface area contributed by atoms with Crippen LogP contribution in [0.1, 0.15) is 24.1 Å². The maximum absolute atomic E-state index is 13.2. The van der Waals surface area contributed by atoms with Crippen molar-refractivity contribution in [2.24, 2.45) is 5.92 Å². The summed E-state index contributed by atoms with van der Waals surface area (Å²) in [5, 5.41) is 2.78. The average molecular weight is 313 g/mol. The number of halogens is 3. The van der Waals surface area contributed by atoms with Gasteiger partial charge in [-0.2, -0.15) is 13.2 Å². The van der Waals surface area contributed by atoms with Gasteiger partial charge in [0, 0.05) is 11.8 Å². The highest BCUT2D eigenvalue weighted by Crippen LogP contribution is 2.38.